The van der Waals surface area contributed by atoms with E-state index in [1.165, 1.54) is 11.4 Å². The minimum absolute atomic E-state index is 0.983. The molecule has 1 aliphatic rings. The molecule has 13 heavy (non-hydrogen) atoms. The average Bonchev–Trinajstić information content (AvgIpc) is 2.79. The Morgan fingerprint density at radius 2 is 2.31 bits per heavy atom. The van der Waals surface area contributed by atoms with Crippen molar-refractivity contribution in [1.82, 2.24) is 9.55 Å². The van der Waals surface area contributed by atoms with Crippen molar-refractivity contribution >= 4 is 6.08 Å². The summed E-state index contributed by atoms with van der Waals surface area (Å²) in [5, 5.41) is 0. The highest BCUT2D eigenvalue weighted by Gasteiger charge is 2.10. The molecule has 0 fully saturated rings. The van der Waals surface area contributed by atoms with Crippen LogP contribution in [0, 0.1) is 6.20 Å². The second-order valence-corrected chi connectivity index (χ2v) is 3.17. The molecular weight excluding hydrogens is 160 g/mol. The van der Waals surface area contributed by atoms with E-state index in [0.717, 1.165) is 12.1 Å². The van der Waals surface area contributed by atoms with Gasteiger partial charge in [0.2, 0.25) is 0 Å². The van der Waals surface area contributed by atoms with Gasteiger partial charge in [0.15, 0.2) is 0 Å². The number of nitrogens with one attached hydrogen (secondary N) is 1. The number of H-pyrrole nitrogens is 1. The molecule has 1 aliphatic heterocycles. The normalized spacial score (nSPS) is 13.5. The molecule has 2 aromatic rings. The molecule has 63 valence electrons. The van der Waals surface area contributed by atoms with Crippen molar-refractivity contribution in [3.05, 3.63) is 42.4 Å². The third-order valence-electron chi connectivity index (χ3n) is 2.41. The van der Waals surface area contributed by atoms with Crippen molar-refractivity contribution < 1.29 is 0 Å². The lowest BCUT2D eigenvalue weighted by atomic mass is 10.2. The highest BCUT2D eigenvalue weighted by atomic mass is 15.0. The lowest BCUT2D eigenvalue weighted by Crippen LogP contribution is -1.94. The molecule has 0 saturated carbocycles. The zero-order valence-corrected chi connectivity index (χ0v) is 7.12. The van der Waals surface area contributed by atoms with E-state index in [2.05, 4.69) is 40.0 Å². The molecule has 0 unspecified atom stereocenters. The van der Waals surface area contributed by atoms with Gasteiger partial charge in [0.25, 0.3) is 0 Å². The van der Waals surface area contributed by atoms with E-state index in [-0.39, 0.29) is 0 Å². The van der Waals surface area contributed by atoms with Gasteiger partial charge in [-0.2, -0.15) is 0 Å². The summed E-state index contributed by atoms with van der Waals surface area (Å²) >= 11 is 0. The van der Waals surface area contributed by atoms with Crippen LogP contribution in [0.3, 0.4) is 0 Å². The lowest BCUT2D eigenvalue weighted by molar-refractivity contribution is 0.856. The smallest absolute Gasteiger partial charge is 0.0721 e. The van der Waals surface area contributed by atoms with Gasteiger partial charge in [-0.05, 0) is 24.3 Å². The van der Waals surface area contributed by atoms with Crippen LogP contribution in [0.25, 0.3) is 17.3 Å². The van der Waals surface area contributed by atoms with Gasteiger partial charge < -0.3 is 9.55 Å². The van der Waals surface area contributed by atoms with Gasteiger partial charge in [0, 0.05) is 24.0 Å². The molecule has 0 spiro atoms. The van der Waals surface area contributed by atoms with E-state index in [4.69, 9.17) is 0 Å². The van der Waals surface area contributed by atoms with Gasteiger partial charge >= 0.3 is 0 Å². The Morgan fingerprint density at radius 1 is 1.31 bits per heavy atom. The maximum atomic E-state index is 3.10. The van der Waals surface area contributed by atoms with Crippen LogP contribution in [-0.4, -0.2) is 9.55 Å². The van der Waals surface area contributed by atoms with Crippen molar-refractivity contribution in [3.8, 4) is 11.3 Å². The molecule has 2 nitrogen and oxygen atoms in total. The average molecular weight is 169 g/mol. The summed E-state index contributed by atoms with van der Waals surface area (Å²) in [6.07, 6.45) is 9.32. The molecule has 0 aliphatic carbocycles. The second-order valence-electron chi connectivity index (χ2n) is 3.17. The highest BCUT2D eigenvalue weighted by Crippen LogP contribution is 2.25. The highest BCUT2D eigenvalue weighted by molar-refractivity contribution is 5.64. The largest absolute Gasteiger partial charge is 0.359 e. The van der Waals surface area contributed by atoms with E-state index in [0.29, 0.717) is 0 Å². The number of nitrogens with zero attached hydrogens (tertiary/aromatic N) is 1. The first-order valence-corrected chi connectivity index (χ1v) is 4.37. The quantitative estimate of drug-likeness (QED) is 0.676. The third-order valence-corrected chi connectivity index (χ3v) is 2.41. The Bertz CT molecular complexity index is 446. The number of allylic oxidation sites excluding steroid dienone is 1. The van der Waals surface area contributed by atoms with E-state index in [9.17, 15) is 0 Å². The number of hydrogen-bond donors (Lipinski definition) is 1. The SMILES string of the molecule is [c]1[nH]ccc1-c1ccc2n1CC=C2. The van der Waals surface area contributed by atoms with Crippen LogP contribution in [0.15, 0.2) is 30.5 Å². The number of rotatable bonds is 1. The standard InChI is InChI=1S/C11H9N2/c1-2-10-3-4-11(13(10)7-1)9-5-6-12-8-9/h1-6,12H,7H2. The summed E-state index contributed by atoms with van der Waals surface area (Å²) in [5.74, 6) is 0. The number of hydrogen-bond acceptors (Lipinski definition) is 0. The Kier molecular flexibility index (Phi) is 1.25. The fraction of sp³-hybridized carbons (Fsp3) is 0.0909. The monoisotopic (exact) mass is 169 g/mol. The molecule has 0 atom stereocenters. The predicted molar refractivity (Wildman–Crippen MR) is 52.1 cm³/mol. The van der Waals surface area contributed by atoms with Gasteiger partial charge in [-0.3, -0.25) is 0 Å². The van der Waals surface area contributed by atoms with Crippen molar-refractivity contribution in [3.63, 3.8) is 0 Å². The number of aromatic nitrogens is 2. The molecule has 0 saturated heterocycles. The van der Waals surface area contributed by atoms with Crippen molar-refractivity contribution in [2.75, 3.05) is 0 Å². The second kappa shape index (κ2) is 2.39. The van der Waals surface area contributed by atoms with E-state index in [1.807, 2.05) is 12.3 Å². The van der Waals surface area contributed by atoms with Crippen LogP contribution in [0.1, 0.15) is 5.69 Å². The van der Waals surface area contributed by atoms with Crippen molar-refractivity contribution in [2.45, 2.75) is 6.54 Å². The summed E-state index contributed by atoms with van der Waals surface area (Å²) in [5.41, 5.74) is 3.65. The zero-order valence-electron chi connectivity index (χ0n) is 7.12. The summed E-state index contributed by atoms with van der Waals surface area (Å²) in [6.45, 7) is 0.983. The van der Waals surface area contributed by atoms with Gasteiger partial charge in [0.1, 0.15) is 0 Å². The van der Waals surface area contributed by atoms with Crippen LogP contribution >= 0.6 is 0 Å². The lowest BCUT2D eigenvalue weighted by Gasteiger charge is -2.02. The number of aromatic amines is 1. The molecule has 1 radical (unpaired) electrons. The molecule has 3 rings (SSSR count). The van der Waals surface area contributed by atoms with Gasteiger partial charge in [-0.15, -0.1) is 0 Å². The fourth-order valence-electron chi connectivity index (χ4n) is 1.78. The maximum Gasteiger partial charge on any atom is 0.0721 e. The van der Waals surface area contributed by atoms with Crippen LogP contribution in [0.4, 0.5) is 0 Å². The van der Waals surface area contributed by atoms with Crippen LogP contribution in [-0.2, 0) is 6.54 Å². The molecular formula is C11H9N2. The van der Waals surface area contributed by atoms with Crippen LogP contribution in [0.5, 0.6) is 0 Å². The fourth-order valence-corrected chi connectivity index (χ4v) is 1.78. The Morgan fingerprint density at radius 3 is 3.15 bits per heavy atom. The van der Waals surface area contributed by atoms with E-state index >= 15 is 0 Å². The first-order valence-electron chi connectivity index (χ1n) is 4.37. The maximum absolute atomic E-state index is 3.10. The molecule has 0 amide bonds. The zero-order chi connectivity index (χ0) is 8.67. The van der Waals surface area contributed by atoms with Crippen LogP contribution < -0.4 is 0 Å². The minimum atomic E-state index is 0.983. The third kappa shape index (κ3) is 0.886. The molecule has 3 heterocycles. The first-order chi connectivity index (χ1) is 6.45. The topological polar surface area (TPSA) is 20.7 Å². The van der Waals surface area contributed by atoms with Gasteiger partial charge in [-0.1, -0.05) is 6.08 Å². The first kappa shape index (κ1) is 6.78. The molecule has 2 heteroatoms. The molecule has 2 aromatic heterocycles. The molecule has 1 N–H and O–H groups in total. The predicted octanol–water partition coefficient (Wildman–Crippen LogP) is 2.31. The van der Waals surface area contributed by atoms with Crippen LogP contribution in [0.2, 0.25) is 0 Å². The van der Waals surface area contributed by atoms with Crippen molar-refractivity contribution in [2.24, 2.45) is 0 Å². The minimum Gasteiger partial charge on any atom is -0.359 e. The van der Waals surface area contributed by atoms with Gasteiger partial charge in [-0.25, -0.2) is 0 Å². The summed E-state index contributed by atoms with van der Waals surface area (Å²) < 4.78 is 2.28. The molecule has 0 aromatic carbocycles. The summed E-state index contributed by atoms with van der Waals surface area (Å²) in [7, 11) is 0. The van der Waals surface area contributed by atoms with E-state index in [1.54, 1.807) is 0 Å². The Balaban J connectivity index is 2.18. The Hall–Kier alpha value is -1.70. The van der Waals surface area contributed by atoms with E-state index < -0.39 is 0 Å². The molecule has 0 bridgehead atoms. The number of fused-ring (bicyclic) bond motifs is 1. The Labute approximate surface area is 76.5 Å². The van der Waals surface area contributed by atoms with Gasteiger partial charge in [0.05, 0.1) is 11.9 Å². The summed E-state index contributed by atoms with van der Waals surface area (Å²) in [6, 6.07) is 6.32. The summed E-state index contributed by atoms with van der Waals surface area (Å²) in [4.78, 5) is 2.95. The van der Waals surface area contributed by atoms with Crippen molar-refractivity contribution in [1.29, 1.82) is 0 Å².